The Morgan fingerprint density at radius 2 is 1.77 bits per heavy atom. The molecule has 1 aromatic rings. The van der Waals surface area contributed by atoms with Crippen LogP contribution in [0.4, 0.5) is 10.5 Å². The maximum atomic E-state index is 12.2. The van der Waals surface area contributed by atoms with Crippen molar-refractivity contribution in [2.75, 3.05) is 31.1 Å². The van der Waals surface area contributed by atoms with Crippen LogP contribution in [0.25, 0.3) is 0 Å². The fraction of sp³-hybridized carbons (Fsp3) is 0.611. The van der Waals surface area contributed by atoms with Gasteiger partial charge in [-0.1, -0.05) is 18.2 Å². The molecule has 2 fully saturated rings. The Morgan fingerprint density at radius 3 is 2.45 bits per heavy atom. The highest BCUT2D eigenvalue weighted by atomic mass is 16.6. The predicted molar refractivity (Wildman–Crippen MR) is 88.1 cm³/mol. The predicted octanol–water partition coefficient (Wildman–Crippen LogP) is 3.52. The second-order valence-corrected chi connectivity index (χ2v) is 7.66. The summed E-state index contributed by atoms with van der Waals surface area (Å²) in [6, 6.07) is 10.6. The zero-order valence-corrected chi connectivity index (χ0v) is 13.8. The molecular formula is C18H26N2O2. The standard InChI is InChI=1S/C18H26N2O2/c1-17(2,3)22-16(21)20-12-10-18(14-20)9-11-19(13-18)15-7-5-4-6-8-15/h4-8H,9-14H2,1-3H3. The molecule has 4 heteroatoms. The minimum atomic E-state index is -0.418. The van der Waals surface area contributed by atoms with E-state index in [1.54, 1.807) is 0 Å². The first-order valence-electron chi connectivity index (χ1n) is 8.15. The van der Waals surface area contributed by atoms with Crippen LogP contribution in [0.5, 0.6) is 0 Å². The van der Waals surface area contributed by atoms with E-state index in [4.69, 9.17) is 4.74 Å². The molecule has 4 nitrogen and oxygen atoms in total. The summed E-state index contributed by atoms with van der Waals surface area (Å²) < 4.78 is 5.51. The number of anilines is 1. The highest BCUT2D eigenvalue weighted by molar-refractivity contribution is 5.68. The van der Waals surface area contributed by atoms with Gasteiger partial charge in [0.15, 0.2) is 0 Å². The molecule has 2 aliphatic heterocycles. The largest absolute Gasteiger partial charge is 0.444 e. The minimum absolute atomic E-state index is 0.164. The van der Waals surface area contributed by atoms with E-state index in [-0.39, 0.29) is 11.5 Å². The molecule has 120 valence electrons. The van der Waals surface area contributed by atoms with Crippen molar-refractivity contribution >= 4 is 11.8 Å². The average molecular weight is 302 g/mol. The third kappa shape index (κ3) is 3.21. The molecule has 1 spiro atoms. The van der Waals surface area contributed by atoms with Gasteiger partial charge >= 0.3 is 6.09 Å². The number of carbonyl (C=O) groups excluding carboxylic acids is 1. The van der Waals surface area contributed by atoms with E-state index in [9.17, 15) is 4.79 Å². The summed E-state index contributed by atoms with van der Waals surface area (Å²) >= 11 is 0. The van der Waals surface area contributed by atoms with Crippen molar-refractivity contribution in [2.24, 2.45) is 5.41 Å². The second-order valence-electron chi connectivity index (χ2n) is 7.66. The molecule has 1 aromatic carbocycles. The topological polar surface area (TPSA) is 32.8 Å². The normalized spacial score (nSPS) is 25.0. The lowest BCUT2D eigenvalue weighted by atomic mass is 9.86. The Morgan fingerprint density at radius 1 is 1.09 bits per heavy atom. The van der Waals surface area contributed by atoms with Gasteiger partial charge in [-0.25, -0.2) is 4.79 Å². The van der Waals surface area contributed by atoms with E-state index in [2.05, 4.69) is 35.2 Å². The molecule has 0 bridgehead atoms. The van der Waals surface area contributed by atoms with Crippen LogP contribution >= 0.6 is 0 Å². The van der Waals surface area contributed by atoms with Crippen LogP contribution in [0.2, 0.25) is 0 Å². The highest BCUT2D eigenvalue weighted by Gasteiger charge is 2.45. The molecule has 22 heavy (non-hydrogen) atoms. The maximum absolute atomic E-state index is 12.2. The lowest BCUT2D eigenvalue weighted by Gasteiger charge is -2.27. The summed E-state index contributed by atoms with van der Waals surface area (Å²) in [6.07, 6.45) is 2.07. The van der Waals surface area contributed by atoms with Gasteiger partial charge in [0.2, 0.25) is 0 Å². The number of amides is 1. The van der Waals surface area contributed by atoms with Gasteiger partial charge in [-0.05, 0) is 45.7 Å². The average Bonchev–Trinajstić information content (AvgIpc) is 3.06. The van der Waals surface area contributed by atoms with Gasteiger partial charge in [0, 0.05) is 37.3 Å². The number of hydrogen-bond donors (Lipinski definition) is 0. The Kier molecular flexibility index (Phi) is 3.79. The summed E-state index contributed by atoms with van der Waals surface area (Å²) in [5.41, 5.74) is 1.11. The smallest absolute Gasteiger partial charge is 0.410 e. The fourth-order valence-electron chi connectivity index (χ4n) is 3.54. The number of benzene rings is 1. The summed E-state index contributed by atoms with van der Waals surface area (Å²) in [5, 5.41) is 0. The Labute approximate surface area is 133 Å². The fourth-order valence-corrected chi connectivity index (χ4v) is 3.54. The molecule has 0 N–H and O–H groups in total. The molecule has 2 saturated heterocycles. The monoisotopic (exact) mass is 302 g/mol. The number of hydrogen-bond acceptors (Lipinski definition) is 3. The third-order valence-corrected chi connectivity index (χ3v) is 4.65. The maximum Gasteiger partial charge on any atom is 0.410 e. The van der Waals surface area contributed by atoms with Gasteiger partial charge in [0.25, 0.3) is 0 Å². The molecule has 0 saturated carbocycles. The quantitative estimate of drug-likeness (QED) is 0.795. The van der Waals surface area contributed by atoms with Crippen LogP contribution in [-0.4, -0.2) is 42.8 Å². The van der Waals surface area contributed by atoms with Crippen LogP contribution in [0, 0.1) is 5.41 Å². The lowest BCUT2D eigenvalue weighted by molar-refractivity contribution is 0.0276. The lowest BCUT2D eigenvalue weighted by Crippen LogP contribution is -2.37. The first kappa shape index (κ1) is 15.2. The van der Waals surface area contributed by atoms with E-state index >= 15 is 0 Å². The summed E-state index contributed by atoms with van der Waals surface area (Å²) in [5.74, 6) is 0. The summed E-state index contributed by atoms with van der Waals surface area (Å²) in [4.78, 5) is 16.6. The molecule has 1 amide bonds. The molecule has 3 rings (SSSR count). The zero-order chi connectivity index (χ0) is 15.8. The van der Waals surface area contributed by atoms with Gasteiger partial charge < -0.3 is 14.5 Å². The van der Waals surface area contributed by atoms with Gasteiger partial charge in [-0.3, -0.25) is 0 Å². The molecule has 2 heterocycles. The number of para-hydroxylation sites is 1. The van der Waals surface area contributed by atoms with E-state index < -0.39 is 5.60 Å². The van der Waals surface area contributed by atoms with E-state index in [1.807, 2.05) is 25.7 Å². The molecule has 0 aliphatic carbocycles. The van der Waals surface area contributed by atoms with E-state index in [1.165, 1.54) is 5.69 Å². The number of ether oxygens (including phenoxy) is 1. The molecular weight excluding hydrogens is 276 g/mol. The van der Waals surface area contributed by atoms with Crippen LogP contribution in [0.1, 0.15) is 33.6 Å². The number of carbonyl (C=O) groups is 1. The molecule has 0 radical (unpaired) electrons. The Bertz CT molecular complexity index is 538. The second kappa shape index (κ2) is 5.49. The summed E-state index contributed by atoms with van der Waals surface area (Å²) in [7, 11) is 0. The molecule has 1 atom stereocenters. The molecule has 1 unspecified atom stereocenters. The minimum Gasteiger partial charge on any atom is -0.444 e. The van der Waals surface area contributed by atoms with Gasteiger partial charge in [-0.2, -0.15) is 0 Å². The zero-order valence-electron chi connectivity index (χ0n) is 13.8. The van der Waals surface area contributed by atoms with Crippen molar-refractivity contribution in [3.8, 4) is 0 Å². The van der Waals surface area contributed by atoms with Gasteiger partial charge in [0.1, 0.15) is 5.60 Å². The van der Waals surface area contributed by atoms with Crippen molar-refractivity contribution in [3.05, 3.63) is 30.3 Å². The number of nitrogens with zero attached hydrogens (tertiary/aromatic N) is 2. The number of rotatable bonds is 1. The van der Waals surface area contributed by atoms with Crippen molar-refractivity contribution in [2.45, 2.75) is 39.2 Å². The first-order valence-corrected chi connectivity index (χ1v) is 8.15. The van der Waals surface area contributed by atoms with Crippen LogP contribution < -0.4 is 4.90 Å². The Balaban J connectivity index is 1.62. The van der Waals surface area contributed by atoms with Crippen LogP contribution in [-0.2, 0) is 4.74 Å². The molecule has 2 aliphatic rings. The SMILES string of the molecule is CC(C)(C)OC(=O)N1CCC2(CCN(c3ccccc3)C2)C1. The van der Waals surface area contributed by atoms with Crippen LogP contribution in [0.3, 0.4) is 0 Å². The van der Waals surface area contributed by atoms with Crippen molar-refractivity contribution in [3.63, 3.8) is 0 Å². The van der Waals surface area contributed by atoms with Gasteiger partial charge in [0.05, 0.1) is 0 Å². The summed E-state index contributed by atoms with van der Waals surface area (Å²) in [6.45, 7) is 9.52. The van der Waals surface area contributed by atoms with Crippen molar-refractivity contribution in [1.82, 2.24) is 4.90 Å². The van der Waals surface area contributed by atoms with E-state index in [0.717, 1.165) is 39.0 Å². The van der Waals surface area contributed by atoms with Crippen LogP contribution in [0.15, 0.2) is 30.3 Å². The number of likely N-dealkylation sites (tertiary alicyclic amines) is 1. The van der Waals surface area contributed by atoms with Gasteiger partial charge in [-0.15, -0.1) is 0 Å². The Hall–Kier alpha value is -1.71. The first-order chi connectivity index (χ1) is 10.4. The molecule has 0 aromatic heterocycles. The van der Waals surface area contributed by atoms with E-state index in [0.29, 0.717) is 0 Å². The third-order valence-electron chi connectivity index (χ3n) is 4.65. The van der Waals surface area contributed by atoms with Crippen molar-refractivity contribution < 1.29 is 9.53 Å². The highest BCUT2D eigenvalue weighted by Crippen LogP contribution is 2.41. The van der Waals surface area contributed by atoms with Crippen molar-refractivity contribution in [1.29, 1.82) is 0 Å².